The van der Waals surface area contributed by atoms with Crippen LogP contribution >= 0.6 is 0 Å². The summed E-state index contributed by atoms with van der Waals surface area (Å²) in [6.07, 6.45) is 2.26. The van der Waals surface area contributed by atoms with Gasteiger partial charge in [0.2, 0.25) is 0 Å². The smallest absolute Gasteiger partial charge is 0.410 e. The number of carboxylic acids is 1. The molecule has 1 heterocycles. The number of nitrogens with zero attached hydrogens (tertiary/aromatic N) is 2. The van der Waals surface area contributed by atoms with E-state index >= 15 is 0 Å². The Hall–Kier alpha value is -2.83. The van der Waals surface area contributed by atoms with Gasteiger partial charge in [0, 0.05) is 6.04 Å². The number of carbonyl (C=O) groups is 2. The number of rotatable bonds is 5. The van der Waals surface area contributed by atoms with Crippen LogP contribution in [0.15, 0.2) is 30.9 Å². The number of imidazole rings is 1. The average molecular weight is 357 g/mol. The van der Waals surface area contributed by atoms with E-state index in [1.807, 2.05) is 26.8 Å². The van der Waals surface area contributed by atoms with Crippen molar-refractivity contribution in [3.8, 4) is 0 Å². The molecular weight excluding hydrogens is 334 g/mol. The molecule has 0 bridgehead atoms. The van der Waals surface area contributed by atoms with Gasteiger partial charge in [-0.1, -0.05) is 12.1 Å². The number of nitrogens with one attached hydrogen (secondary N) is 1. The van der Waals surface area contributed by atoms with Crippen molar-refractivity contribution in [1.82, 2.24) is 14.9 Å². The molecule has 1 aliphatic rings. The second-order valence-electron chi connectivity index (χ2n) is 7.50. The quantitative estimate of drug-likeness (QED) is 0.798. The van der Waals surface area contributed by atoms with Crippen molar-refractivity contribution in [1.29, 1.82) is 0 Å². The summed E-state index contributed by atoms with van der Waals surface area (Å²) in [5.41, 5.74) is 0.539. The second-order valence-corrected chi connectivity index (χ2v) is 7.50. The monoisotopic (exact) mass is 357 g/mol. The molecule has 138 valence electrons. The Bertz CT molecular complexity index is 865. The predicted molar refractivity (Wildman–Crippen MR) is 96.9 cm³/mol. The molecule has 1 amide bonds. The molecule has 0 saturated heterocycles. The van der Waals surface area contributed by atoms with Crippen LogP contribution in [-0.2, 0) is 11.3 Å². The van der Waals surface area contributed by atoms with Crippen LogP contribution in [0.3, 0.4) is 0 Å². The van der Waals surface area contributed by atoms with Crippen molar-refractivity contribution in [2.24, 2.45) is 5.92 Å². The van der Waals surface area contributed by atoms with E-state index in [1.54, 1.807) is 17.0 Å². The first kappa shape index (κ1) is 18.0. The van der Waals surface area contributed by atoms with Crippen LogP contribution in [0.2, 0.25) is 0 Å². The first-order valence-electron chi connectivity index (χ1n) is 8.52. The van der Waals surface area contributed by atoms with Gasteiger partial charge in [-0.2, -0.15) is 0 Å². The molecule has 2 unspecified atom stereocenters. The summed E-state index contributed by atoms with van der Waals surface area (Å²) in [7, 11) is 0. The third kappa shape index (κ3) is 3.71. The van der Waals surface area contributed by atoms with E-state index < -0.39 is 17.7 Å². The van der Waals surface area contributed by atoms with Gasteiger partial charge >= 0.3 is 12.1 Å². The topological polar surface area (TPSA) is 95.5 Å². The van der Waals surface area contributed by atoms with Gasteiger partial charge in [0.15, 0.2) is 0 Å². The highest BCUT2D eigenvalue weighted by atomic mass is 16.6. The molecule has 2 aromatic rings. The average Bonchev–Trinajstić information content (AvgIpc) is 3.20. The molecule has 26 heavy (non-hydrogen) atoms. The summed E-state index contributed by atoms with van der Waals surface area (Å²) in [6.45, 7) is 9.48. The number of aromatic carboxylic acids is 1. The van der Waals surface area contributed by atoms with Crippen molar-refractivity contribution in [2.45, 2.75) is 45.4 Å². The molecule has 1 aromatic carbocycles. The maximum atomic E-state index is 12.6. The third-order valence-corrected chi connectivity index (χ3v) is 4.25. The fraction of sp³-hybridized carbons (Fsp3) is 0.421. The van der Waals surface area contributed by atoms with Crippen LogP contribution in [-0.4, -0.2) is 43.7 Å². The fourth-order valence-corrected chi connectivity index (χ4v) is 2.94. The van der Waals surface area contributed by atoms with E-state index in [-0.39, 0.29) is 24.1 Å². The first-order valence-corrected chi connectivity index (χ1v) is 8.52. The minimum Gasteiger partial charge on any atom is -0.478 e. The molecule has 2 atom stereocenters. The van der Waals surface area contributed by atoms with Gasteiger partial charge in [-0.3, -0.25) is 4.90 Å². The Labute approximate surface area is 151 Å². The minimum atomic E-state index is -1.04. The number of hydrogen-bond acceptors (Lipinski definition) is 4. The molecule has 7 nitrogen and oxygen atoms in total. The zero-order valence-electron chi connectivity index (χ0n) is 15.2. The van der Waals surface area contributed by atoms with Crippen LogP contribution in [0.4, 0.5) is 4.79 Å². The zero-order chi connectivity index (χ0) is 19.1. The molecule has 0 radical (unpaired) electrons. The number of aromatic amines is 1. The summed E-state index contributed by atoms with van der Waals surface area (Å²) < 4.78 is 5.52. The number of para-hydroxylation sites is 1. The standard InChI is InChI=1S/C19H23N3O4/c1-5-11-9-14(11)22(18(25)26-19(2,3)4)10-15-20-13-8-6-7-12(17(23)24)16(13)21-15/h5-8,11,14H,1,9-10H2,2-4H3,(H,20,21)(H,23,24). The molecule has 1 fully saturated rings. The van der Waals surface area contributed by atoms with Gasteiger partial charge < -0.3 is 14.8 Å². The van der Waals surface area contributed by atoms with Gasteiger partial charge in [0.25, 0.3) is 0 Å². The Balaban J connectivity index is 1.88. The lowest BCUT2D eigenvalue weighted by molar-refractivity contribution is 0.0205. The number of amides is 1. The third-order valence-electron chi connectivity index (χ3n) is 4.25. The highest BCUT2D eigenvalue weighted by Crippen LogP contribution is 2.38. The number of fused-ring (bicyclic) bond motifs is 1. The van der Waals surface area contributed by atoms with Crippen LogP contribution in [0.5, 0.6) is 0 Å². The van der Waals surface area contributed by atoms with Gasteiger partial charge in [-0.05, 0) is 45.2 Å². The van der Waals surface area contributed by atoms with Crippen LogP contribution in [0.1, 0.15) is 43.4 Å². The van der Waals surface area contributed by atoms with Crippen molar-refractivity contribution < 1.29 is 19.4 Å². The maximum Gasteiger partial charge on any atom is 0.410 e. The van der Waals surface area contributed by atoms with E-state index in [1.165, 1.54) is 6.07 Å². The molecule has 7 heteroatoms. The number of carbonyl (C=O) groups excluding carboxylic acids is 1. The number of H-pyrrole nitrogens is 1. The number of ether oxygens (including phenoxy) is 1. The predicted octanol–water partition coefficient (Wildman–Crippen LogP) is 3.57. The van der Waals surface area contributed by atoms with Crippen molar-refractivity contribution in [3.05, 3.63) is 42.2 Å². The SMILES string of the molecule is C=CC1CC1N(Cc1nc2c(C(=O)O)cccc2[nH]1)C(=O)OC(C)(C)C. The Morgan fingerprint density at radius 1 is 1.46 bits per heavy atom. The molecule has 0 aliphatic heterocycles. The van der Waals surface area contributed by atoms with Crippen molar-refractivity contribution in [2.75, 3.05) is 0 Å². The largest absolute Gasteiger partial charge is 0.478 e. The van der Waals surface area contributed by atoms with Gasteiger partial charge in [-0.25, -0.2) is 14.6 Å². The lowest BCUT2D eigenvalue weighted by atomic mass is 10.2. The lowest BCUT2D eigenvalue weighted by Gasteiger charge is -2.27. The molecule has 1 aromatic heterocycles. The maximum absolute atomic E-state index is 12.6. The zero-order valence-corrected chi connectivity index (χ0v) is 15.2. The molecule has 1 aliphatic carbocycles. The van der Waals surface area contributed by atoms with E-state index in [0.29, 0.717) is 16.9 Å². The molecule has 3 rings (SSSR count). The fourth-order valence-electron chi connectivity index (χ4n) is 2.94. The second kappa shape index (κ2) is 6.48. The highest BCUT2D eigenvalue weighted by Gasteiger charge is 2.43. The van der Waals surface area contributed by atoms with E-state index in [0.717, 1.165) is 6.42 Å². The van der Waals surface area contributed by atoms with Crippen LogP contribution in [0, 0.1) is 5.92 Å². The van der Waals surface area contributed by atoms with Crippen LogP contribution in [0.25, 0.3) is 11.0 Å². The number of benzene rings is 1. The van der Waals surface area contributed by atoms with Crippen LogP contribution < -0.4 is 0 Å². The van der Waals surface area contributed by atoms with Crippen molar-refractivity contribution >= 4 is 23.1 Å². The number of carboxylic acid groups (broad SMARTS) is 1. The summed E-state index contributed by atoms with van der Waals surface area (Å²) in [4.78, 5) is 33.1. The number of hydrogen-bond donors (Lipinski definition) is 2. The van der Waals surface area contributed by atoms with Gasteiger partial charge in [-0.15, -0.1) is 6.58 Å². The Morgan fingerprint density at radius 2 is 2.19 bits per heavy atom. The molecule has 0 spiro atoms. The minimum absolute atomic E-state index is 0.0227. The first-order chi connectivity index (χ1) is 12.2. The summed E-state index contributed by atoms with van der Waals surface area (Å²) in [6, 6.07) is 4.96. The molecule has 2 N–H and O–H groups in total. The normalized spacial score (nSPS) is 19.2. The van der Waals surface area contributed by atoms with Gasteiger partial charge in [0.05, 0.1) is 17.6 Å². The summed E-state index contributed by atoms with van der Waals surface area (Å²) in [5.74, 6) is -0.276. The van der Waals surface area contributed by atoms with E-state index in [2.05, 4.69) is 16.5 Å². The number of aromatic nitrogens is 2. The summed E-state index contributed by atoms with van der Waals surface area (Å²) in [5, 5.41) is 9.31. The van der Waals surface area contributed by atoms with E-state index in [4.69, 9.17) is 4.74 Å². The highest BCUT2D eigenvalue weighted by molar-refractivity contribution is 6.00. The summed E-state index contributed by atoms with van der Waals surface area (Å²) >= 11 is 0. The van der Waals surface area contributed by atoms with Gasteiger partial charge in [0.1, 0.15) is 16.9 Å². The van der Waals surface area contributed by atoms with E-state index in [9.17, 15) is 14.7 Å². The Morgan fingerprint density at radius 3 is 2.77 bits per heavy atom. The molecule has 1 saturated carbocycles. The Kier molecular flexibility index (Phi) is 4.48. The van der Waals surface area contributed by atoms with Crippen molar-refractivity contribution in [3.63, 3.8) is 0 Å². The lowest BCUT2D eigenvalue weighted by Crippen LogP contribution is -2.38. The molecular formula is C19H23N3O4.